The third kappa shape index (κ3) is 5.43. The SMILES string of the molecule is CC(C)[N+](CCNc1ccccc1Nc1ccccc1)(Cc1ccccc1)C(C)C. The van der Waals surface area contributed by atoms with E-state index < -0.39 is 0 Å². The average Bonchev–Trinajstić information content (AvgIpc) is 2.75. The molecule has 0 spiro atoms. The third-order valence-electron chi connectivity index (χ3n) is 6.20. The number of hydrogen-bond acceptors (Lipinski definition) is 2. The van der Waals surface area contributed by atoms with Crippen molar-refractivity contribution in [2.24, 2.45) is 0 Å². The lowest BCUT2D eigenvalue weighted by molar-refractivity contribution is -0.977. The quantitative estimate of drug-likeness (QED) is 0.370. The summed E-state index contributed by atoms with van der Waals surface area (Å²) in [6.45, 7) is 12.5. The van der Waals surface area contributed by atoms with Gasteiger partial charge in [0.1, 0.15) is 6.54 Å². The topological polar surface area (TPSA) is 24.1 Å². The van der Waals surface area contributed by atoms with Crippen molar-refractivity contribution in [3.8, 4) is 0 Å². The predicted molar refractivity (Wildman–Crippen MR) is 130 cm³/mol. The average molecular weight is 403 g/mol. The summed E-state index contributed by atoms with van der Waals surface area (Å²) < 4.78 is 1.06. The van der Waals surface area contributed by atoms with Crippen molar-refractivity contribution in [1.29, 1.82) is 0 Å². The van der Waals surface area contributed by atoms with E-state index in [1.807, 2.05) is 6.07 Å². The van der Waals surface area contributed by atoms with E-state index in [0.717, 1.165) is 41.2 Å². The first-order chi connectivity index (χ1) is 14.5. The Morgan fingerprint density at radius 3 is 1.80 bits per heavy atom. The molecule has 0 saturated carbocycles. The maximum atomic E-state index is 3.71. The number of quaternary nitrogens is 1. The van der Waals surface area contributed by atoms with E-state index in [-0.39, 0.29) is 0 Å². The normalized spacial score (nSPS) is 11.7. The van der Waals surface area contributed by atoms with Crippen LogP contribution < -0.4 is 10.6 Å². The predicted octanol–water partition coefficient (Wildman–Crippen LogP) is 6.68. The van der Waals surface area contributed by atoms with Crippen LogP contribution >= 0.6 is 0 Å². The van der Waals surface area contributed by atoms with E-state index in [9.17, 15) is 0 Å². The Labute approximate surface area is 182 Å². The van der Waals surface area contributed by atoms with Crippen molar-refractivity contribution in [3.63, 3.8) is 0 Å². The van der Waals surface area contributed by atoms with Crippen molar-refractivity contribution in [3.05, 3.63) is 90.5 Å². The highest BCUT2D eigenvalue weighted by atomic mass is 15.4. The standard InChI is InChI=1S/C27H36N3/c1-22(2)30(23(3)4,21-24-13-7-5-8-14-24)20-19-28-26-17-11-12-18-27(26)29-25-15-9-6-10-16-25/h5-18,22-23,28-29H,19-21H2,1-4H3/q+1. The van der Waals surface area contributed by atoms with Crippen LogP contribution in [-0.4, -0.2) is 29.7 Å². The van der Waals surface area contributed by atoms with Crippen LogP contribution in [-0.2, 0) is 6.54 Å². The molecule has 0 radical (unpaired) electrons. The molecule has 0 fully saturated rings. The molecular formula is C27H36N3+. The minimum atomic E-state index is 0.546. The van der Waals surface area contributed by atoms with Gasteiger partial charge in [0.15, 0.2) is 0 Å². The number of anilines is 3. The van der Waals surface area contributed by atoms with E-state index in [2.05, 4.69) is 117 Å². The molecule has 2 N–H and O–H groups in total. The maximum absolute atomic E-state index is 3.71. The van der Waals surface area contributed by atoms with Crippen molar-refractivity contribution < 1.29 is 4.48 Å². The molecule has 0 atom stereocenters. The molecule has 0 bridgehead atoms. The molecule has 0 unspecified atom stereocenters. The number of para-hydroxylation sites is 3. The van der Waals surface area contributed by atoms with Crippen molar-refractivity contribution in [2.45, 2.75) is 46.3 Å². The minimum Gasteiger partial charge on any atom is -0.378 e. The van der Waals surface area contributed by atoms with Gasteiger partial charge in [0.05, 0.1) is 36.5 Å². The zero-order valence-corrected chi connectivity index (χ0v) is 18.8. The van der Waals surface area contributed by atoms with Crippen LogP contribution in [0.5, 0.6) is 0 Å². The molecular weight excluding hydrogens is 366 g/mol. The van der Waals surface area contributed by atoms with Gasteiger partial charge in [0, 0.05) is 11.3 Å². The molecule has 0 saturated heterocycles. The molecule has 3 rings (SSSR count). The Morgan fingerprint density at radius 1 is 0.667 bits per heavy atom. The minimum absolute atomic E-state index is 0.546. The van der Waals surface area contributed by atoms with Gasteiger partial charge in [-0.3, -0.25) is 0 Å². The molecule has 3 aromatic rings. The second-order valence-electron chi connectivity index (χ2n) is 8.62. The van der Waals surface area contributed by atoms with Gasteiger partial charge in [-0.2, -0.15) is 0 Å². The highest BCUT2D eigenvalue weighted by molar-refractivity contribution is 5.74. The Morgan fingerprint density at radius 2 is 1.20 bits per heavy atom. The van der Waals surface area contributed by atoms with Gasteiger partial charge in [-0.25, -0.2) is 0 Å². The van der Waals surface area contributed by atoms with E-state index >= 15 is 0 Å². The molecule has 3 heteroatoms. The smallest absolute Gasteiger partial charge is 0.105 e. The van der Waals surface area contributed by atoms with E-state index in [0.29, 0.717) is 12.1 Å². The molecule has 0 aliphatic rings. The summed E-state index contributed by atoms with van der Waals surface area (Å²) in [7, 11) is 0. The number of hydrogen-bond donors (Lipinski definition) is 2. The van der Waals surface area contributed by atoms with Crippen LogP contribution in [0, 0.1) is 0 Å². The highest BCUT2D eigenvalue weighted by Gasteiger charge is 2.34. The highest BCUT2D eigenvalue weighted by Crippen LogP contribution is 2.27. The Kier molecular flexibility index (Phi) is 7.53. The summed E-state index contributed by atoms with van der Waals surface area (Å²) >= 11 is 0. The second kappa shape index (κ2) is 10.3. The van der Waals surface area contributed by atoms with Crippen molar-refractivity contribution in [2.75, 3.05) is 23.7 Å². The van der Waals surface area contributed by atoms with E-state index in [4.69, 9.17) is 0 Å². The Hall–Kier alpha value is -2.78. The molecule has 0 aliphatic heterocycles. The van der Waals surface area contributed by atoms with Gasteiger partial charge in [0.2, 0.25) is 0 Å². The molecule has 0 amide bonds. The van der Waals surface area contributed by atoms with Gasteiger partial charge < -0.3 is 15.1 Å². The van der Waals surface area contributed by atoms with Gasteiger partial charge in [-0.05, 0) is 52.0 Å². The molecule has 3 nitrogen and oxygen atoms in total. The van der Waals surface area contributed by atoms with Crippen LogP contribution in [0.3, 0.4) is 0 Å². The molecule has 3 aromatic carbocycles. The van der Waals surface area contributed by atoms with Gasteiger partial charge in [0.25, 0.3) is 0 Å². The van der Waals surface area contributed by atoms with E-state index in [1.165, 1.54) is 5.56 Å². The first kappa shape index (κ1) is 21.9. The maximum Gasteiger partial charge on any atom is 0.105 e. The lowest BCUT2D eigenvalue weighted by atomic mass is 10.1. The lowest BCUT2D eigenvalue weighted by Crippen LogP contribution is -2.58. The van der Waals surface area contributed by atoms with Crippen LogP contribution in [0.4, 0.5) is 17.1 Å². The summed E-state index contributed by atoms with van der Waals surface area (Å²) in [4.78, 5) is 0. The van der Waals surface area contributed by atoms with Crippen LogP contribution in [0.2, 0.25) is 0 Å². The number of nitrogens with zero attached hydrogens (tertiary/aromatic N) is 1. The molecule has 0 aliphatic carbocycles. The number of benzene rings is 3. The van der Waals surface area contributed by atoms with Crippen molar-refractivity contribution in [1.82, 2.24) is 0 Å². The summed E-state index contributed by atoms with van der Waals surface area (Å²) in [5, 5.41) is 7.24. The fraction of sp³-hybridized carbons (Fsp3) is 0.333. The Bertz CT molecular complexity index is 880. The Balaban J connectivity index is 1.72. The number of rotatable bonds is 10. The first-order valence-corrected chi connectivity index (χ1v) is 11.1. The van der Waals surface area contributed by atoms with Crippen LogP contribution in [0.25, 0.3) is 0 Å². The summed E-state index contributed by atoms with van der Waals surface area (Å²) in [5.74, 6) is 0. The third-order valence-corrected chi connectivity index (χ3v) is 6.20. The second-order valence-corrected chi connectivity index (χ2v) is 8.62. The van der Waals surface area contributed by atoms with Gasteiger partial charge in [-0.15, -0.1) is 0 Å². The fourth-order valence-electron chi connectivity index (χ4n) is 4.30. The lowest BCUT2D eigenvalue weighted by Gasteiger charge is -2.46. The molecule has 30 heavy (non-hydrogen) atoms. The van der Waals surface area contributed by atoms with E-state index in [1.54, 1.807) is 0 Å². The van der Waals surface area contributed by atoms with Crippen LogP contribution in [0.15, 0.2) is 84.9 Å². The summed E-state index contributed by atoms with van der Waals surface area (Å²) in [6, 6.07) is 30.8. The zero-order valence-electron chi connectivity index (χ0n) is 18.8. The van der Waals surface area contributed by atoms with Crippen LogP contribution in [0.1, 0.15) is 33.3 Å². The van der Waals surface area contributed by atoms with Gasteiger partial charge >= 0.3 is 0 Å². The largest absolute Gasteiger partial charge is 0.378 e. The van der Waals surface area contributed by atoms with Crippen molar-refractivity contribution >= 4 is 17.1 Å². The molecule has 0 heterocycles. The summed E-state index contributed by atoms with van der Waals surface area (Å²) in [6.07, 6.45) is 0. The molecule has 158 valence electrons. The summed E-state index contributed by atoms with van der Waals surface area (Å²) in [5.41, 5.74) is 4.77. The zero-order chi connectivity index (χ0) is 21.4. The van der Waals surface area contributed by atoms with Gasteiger partial charge in [-0.1, -0.05) is 60.7 Å². The number of nitrogens with one attached hydrogen (secondary N) is 2. The fourth-order valence-corrected chi connectivity index (χ4v) is 4.30. The molecule has 0 aromatic heterocycles. The first-order valence-electron chi connectivity index (χ1n) is 11.1. The monoisotopic (exact) mass is 402 g/mol.